The van der Waals surface area contributed by atoms with Crippen LogP contribution in [0.2, 0.25) is 5.02 Å². The highest BCUT2D eigenvalue weighted by atomic mass is 35.5. The molecule has 0 aliphatic carbocycles. The average Bonchev–Trinajstić information content (AvgIpc) is 2.06. The van der Waals surface area contributed by atoms with Gasteiger partial charge in [0.05, 0.1) is 18.4 Å². The molecule has 1 aromatic heterocycles. The van der Waals surface area contributed by atoms with Crippen LogP contribution in [0.5, 0.6) is 5.88 Å². The standard InChI is InChI=1S/C8H7ClF3NO/c1-4-5(8(10,11)12)3-6(9)7(13-4)14-2/h3H,1-2H3. The van der Waals surface area contributed by atoms with Gasteiger partial charge in [0.25, 0.3) is 0 Å². The number of pyridine rings is 1. The summed E-state index contributed by atoms with van der Waals surface area (Å²) in [6.45, 7) is 1.25. The first-order chi connectivity index (χ1) is 6.36. The summed E-state index contributed by atoms with van der Waals surface area (Å²) in [5.74, 6) is -0.00262. The van der Waals surface area contributed by atoms with E-state index in [0.717, 1.165) is 6.07 Å². The Balaban J connectivity index is 3.29. The zero-order valence-corrected chi connectivity index (χ0v) is 8.20. The number of rotatable bonds is 1. The summed E-state index contributed by atoms with van der Waals surface area (Å²) in [6, 6.07) is 0.808. The third kappa shape index (κ3) is 2.09. The maximum atomic E-state index is 12.3. The molecule has 0 bridgehead atoms. The van der Waals surface area contributed by atoms with Crippen molar-refractivity contribution in [2.45, 2.75) is 13.1 Å². The Morgan fingerprint density at radius 3 is 2.43 bits per heavy atom. The quantitative estimate of drug-likeness (QED) is 0.733. The van der Waals surface area contributed by atoms with Gasteiger partial charge in [0, 0.05) is 0 Å². The minimum atomic E-state index is -4.44. The van der Waals surface area contributed by atoms with E-state index in [1.165, 1.54) is 14.0 Å². The van der Waals surface area contributed by atoms with Gasteiger partial charge in [-0.3, -0.25) is 0 Å². The number of alkyl halides is 3. The Morgan fingerprint density at radius 2 is 2.00 bits per heavy atom. The molecule has 0 amide bonds. The molecule has 1 heterocycles. The van der Waals surface area contributed by atoms with Gasteiger partial charge in [0.2, 0.25) is 5.88 Å². The lowest BCUT2D eigenvalue weighted by atomic mass is 10.2. The van der Waals surface area contributed by atoms with E-state index >= 15 is 0 Å². The molecule has 0 fully saturated rings. The summed E-state index contributed by atoms with van der Waals surface area (Å²) < 4.78 is 41.7. The van der Waals surface area contributed by atoms with Gasteiger partial charge in [0.15, 0.2) is 0 Å². The molecule has 0 unspecified atom stereocenters. The van der Waals surface area contributed by atoms with E-state index in [9.17, 15) is 13.2 Å². The van der Waals surface area contributed by atoms with Crippen molar-refractivity contribution < 1.29 is 17.9 Å². The highest BCUT2D eigenvalue weighted by molar-refractivity contribution is 6.31. The Hall–Kier alpha value is -0.970. The number of halogens is 4. The molecule has 0 saturated heterocycles. The fourth-order valence-electron chi connectivity index (χ4n) is 0.989. The Kier molecular flexibility index (Phi) is 2.89. The van der Waals surface area contributed by atoms with Crippen LogP contribution in [-0.4, -0.2) is 12.1 Å². The predicted molar refractivity (Wildman–Crippen MR) is 45.5 cm³/mol. The minimum Gasteiger partial charge on any atom is -0.480 e. The molecule has 0 aliphatic heterocycles. The number of hydrogen-bond donors (Lipinski definition) is 0. The van der Waals surface area contributed by atoms with E-state index in [1.807, 2.05) is 0 Å². The molecule has 0 saturated carbocycles. The molecule has 0 aliphatic rings. The van der Waals surface area contributed by atoms with E-state index in [4.69, 9.17) is 11.6 Å². The molecule has 14 heavy (non-hydrogen) atoms. The highest BCUT2D eigenvalue weighted by Gasteiger charge is 2.34. The molecule has 78 valence electrons. The summed E-state index contributed by atoms with van der Waals surface area (Å²) in [7, 11) is 1.29. The van der Waals surface area contributed by atoms with Crippen molar-refractivity contribution in [3.63, 3.8) is 0 Å². The predicted octanol–water partition coefficient (Wildman–Crippen LogP) is 3.07. The molecule has 0 aromatic carbocycles. The van der Waals surface area contributed by atoms with Crippen molar-refractivity contribution in [1.82, 2.24) is 4.98 Å². The first-order valence-corrected chi connectivity index (χ1v) is 4.02. The van der Waals surface area contributed by atoms with E-state index < -0.39 is 11.7 Å². The number of aromatic nitrogens is 1. The smallest absolute Gasteiger partial charge is 0.418 e. The topological polar surface area (TPSA) is 22.1 Å². The normalized spacial score (nSPS) is 11.6. The average molecular weight is 226 g/mol. The molecular formula is C8H7ClF3NO. The van der Waals surface area contributed by atoms with Crippen LogP contribution in [0, 0.1) is 6.92 Å². The van der Waals surface area contributed by atoms with Crippen molar-refractivity contribution in [1.29, 1.82) is 0 Å². The third-order valence-corrected chi connectivity index (χ3v) is 1.90. The molecule has 0 radical (unpaired) electrons. The molecule has 1 rings (SSSR count). The van der Waals surface area contributed by atoms with Crippen LogP contribution in [0.4, 0.5) is 13.2 Å². The molecule has 2 nitrogen and oxygen atoms in total. The van der Waals surface area contributed by atoms with Gasteiger partial charge in [-0.2, -0.15) is 13.2 Å². The minimum absolute atomic E-state index is 0.00262. The lowest BCUT2D eigenvalue weighted by molar-refractivity contribution is -0.138. The van der Waals surface area contributed by atoms with E-state index in [2.05, 4.69) is 9.72 Å². The molecular weight excluding hydrogens is 219 g/mol. The van der Waals surface area contributed by atoms with Crippen LogP contribution < -0.4 is 4.74 Å². The number of ether oxygens (including phenoxy) is 1. The van der Waals surface area contributed by atoms with Crippen molar-refractivity contribution in [3.05, 3.63) is 22.3 Å². The van der Waals surface area contributed by atoms with E-state index in [0.29, 0.717) is 0 Å². The van der Waals surface area contributed by atoms with Crippen molar-refractivity contribution in [2.24, 2.45) is 0 Å². The lowest BCUT2D eigenvalue weighted by Crippen LogP contribution is -2.09. The Labute approximate surface area is 83.7 Å². The monoisotopic (exact) mass is 225 g/mol. The van der Waals surface area contributed by atoms with Crippen LogP contribution in [-0.2, 0) is 6.18 Å². The van der Waals surface area contributed by atoms with Crippen LogP contribution in [0.25, 0.3) is 0 Å². The Morgan fingerprint density at radius 1 is 1.43 bits per heavy atom. The summed E-state index contributed by atoms with van der Waals surface area (Å²) >= 11 is 5.52. The molecule has 6 heteroatoms. The molecule has 0 spiro atoms. The summed E-state index contributed by atoms with van der Waals surface area (Å²) in [6.07, 6.45) is -4.44. The number of hydrogen-bond acceptors (Lipinski definition) is 2. The van der Waals surface area contributed by atoms with Crippen LogP contribution in [0.1, 0.15) is 11.3 Å². The largest absolute Gasteiger partial charge is 0.480 e. The number of methoxy groups -OCH3 is 1. The van der Waals surface area contributed by atoms with E-state index in [1.54, 1.807) is 0 Å². The fourth-order valence-corrected chi connectivity index (χ4v) is 1.22. The summed E-state index contributed by atoms with van der Waals surface area (Å²) in [5.41, 5.74) is -0.998. The number of nitrogens with zero attached hydrogens (tertiary/aromatic N) is 1. The van der Waals surface area contributed by atoms with Gasteiger partial charge < -0.3 is 4.74 Å². The van der Waals surface area contributed by atoms with Gasteiger partial charge in [0.1, 0.15) is 5.02 Å². The molecule has 0 N–H and O–H groups in total. The second kappa shape index (κ2) is 3.65. The molecule has 1 aromatic rings. The SMILES string of the molecule is COc1nc(C)c(C(F)(F)F)cc1Cl. The fraction of sp³-hybridized carbons (Fsp3) is 0.375. The highest BCUT2D eigenvalue weighted by Crippen LogP contribution is 2.35. The summed E-state index contributed by atoms with van der Waals surface area (Å²) in [4.78, 5) is 3.58. The first-order valence-electron chi connectivity index (χ1n) is 3.64. The summed E-state index contributed by atoms with van der Waals surface area (Å²) in [5, 5.41) is -0.148. The van der Waals surface area contributed by atoms with E-state index in [-0.39, 0.29) is 16.6 Å². The van der Waals surface area contributed by atoms with Crippen molar-refractivity contribution >= 4 is 11.6 Å². The van der Waals surface area contributed by atoms with Crippen molar-refractivity contribution in [2.75, 3.05) is 7.11 Å². The first kappa shape index (κ1) is 11.1. The Bertz CT molecular complexity index is 351. The van der Waals surface area contributed by atoms with Crippen molar-refractivity contribution in [3.8, 4) is 5.88 Å². The lowest BCUT2D eigenvalue weighted by Gasteiger charge is -2.11. The zero-order chi connectivity index (χ0) is 10.9. The van der Waals surface area contributed by atoms with Crippen LogP contribution in [0.3, 0.4) is 0 Å². The second-order valence-electron chi connectivity index (χ2n) is 2.61. The molecule has 0 atom stereocenters. The van der Waals surface area contributed by atoms with Gasteiger partial charge in [-0.25, -0.2) is 4.98 Å². The van der Waals surface area contributed by atoms with Gasteiger partial charge >= 0.3 is 6.18 Å². The van der Waals surface area contributed by atoms with Crippen LogP contribution >= 0.6 is 11.6 Å². The van der Waals surface area contributed by atoms with Gasteiger partial charge in [-0.05, 0) is 13.0 Å². The maximum Gasteiger partial charge on any atom is 0.418 e. The number of aryl methyl sites for hydroxylation is 1. The second-order valence-corrected chi connectivity index (χ2v) is 3.02. The van der Waals surface area contributed by atoms with Crippen LogP contribution in [0.15, 0.2) is 6.07 Å². The zero-order valence-electron chi connectivity index (χ0n) is 7.44. The van der Waals surface area contributed by atoms with Gasteiger partial charge in [-0.1, -0.05) is 11.6 Å². The third-order valence-electron chi connectivity index (χ3n) is 1.63. The van der Waals surface area contributed by atoms with Gasteiger partial charge in [-0.15, -0.1) is 0 Å². The maximum absolute atomic E-state index is 12.3.